The molecule has 0 aliphatic rings. The Bertz CT molecular complexity index is 1130. The van der Waals surface area contributed by atoms with Crippen LogP contribution in [0.3, 0.4) is 0 Å². The topological polar surface area (TPSA) is 40.5 Å². The highest BCUT2D eigenvalue weighted by atomic mass is 32.1. The zero-order valence-corrected chi connectivity index (χ0v) is 18.1. The molecule has 0 unspecified atom stereocenters. The van der Waals surface area contributed by atoms with Crippen molar-refractivity contribution in [2.75, 3.05) is 24.4 Å². The molecule has 0 saturated carbocycles. The fraction of sp³-hybridized carbons (Fsp3) is 0.120. The maximum Gasteiger partial charge on any atom is 0.204 e. The van der Waals surface area contributed by atoms with Crippen LogP contribution in [0, 0.1) is 6.92 Å². The lowest BCUT2D eigenvalue weighted by Gasteiger charge is -2.11. The van der Waals surface area contributed by atoms with E-state index in [4.69, 9.17) is 4.98 Å². The summed E-state index contributed by atoms with van der Waals surface area (Å²) in [5, 5.41) is 5.17. The number of rotatable bonds is 6. The fourth-order valence-corrected chi connectivity index (χ4v) is 4.02. The quantitative estimate of drug-likeness (QED) is 0.298. The van der Waals surface area contributed by atoms with Gasteiger partial charge in [-0.2, -0.15) is 5.10 Å². The van der Waals surface area contributed by atoms with E-state index in [1.807, 2.05) is 26.4 Å². The van der Waals surface area contributed by atoms with Crippen LogP contribution in [0.4, 0.5) is 10.8 Å². The number of aryl methyl sites for hydroxylation is 1. The Morgan fingerprint density at radius 3 is 2.23 bits per heavy atom. The third kappa shape index (κ3) is 4.58. The van der Waals surface area contributed by atoms with E-state index < -0.39 is 0 Å². The predicted octanol–water partition coefficient (Wildman–Crippen LogP) is 6.30. The molecule has 0 fully saturated rings. The van der Waals surface area contributed by atoms with E-state index in [-0.39, 0.29) is 0 Å². The van der Waals surface area contributed by atoms with E-state index in [2.05, 4.69) is 95.1 Å². The summed E-state index contributed by atoms with van der Waals surface area (Å²) in [6.45, 7) is 2.09. The van der Waals surface area contributed by atoms with Gasteiger partial charge in [0, 0.05) is 25.3 Å². The van der Waals surface area contributed by atoms with Crippen molar-refractivity contribution in [3.8, 4) is 21.7 Å². The van der Waals surface area contributed by atoms with Crippen LogP contribution in [0.5, 0.6) is 0 Å². The monoisotopic (exact) mass is 412 g/mol. The van der Waals surface area contributed by atoms with E-state index >= 15 is 0 Å². The minimum Gasteiger partial charge on any atom is -0.378 e. The molecule has 3 aromatic carbocycles. The van der Waals surface area contributed by atoms with Crippen molar-refractivity contribution in [3.05, 3.63) is 90.0 Å². The highest BCUT2D eigenvalue weighted by molar-refractivity contribution is 7.19. The number of nitrogens with zero attached hydrogens (tertiary/aromatic N) is 3. The van der Waals surface area contributed by atoms with Gasteiger partial charge in [-0.15, -0.1) is 0 Å². The molecule has 0 radical (unpaired) electrons. The zero-order valence-electron chi connectivity index (χ0n) is 17.3. The Kier molecular flexibility index (Phi) is 5.91. The van der Waals surface area contributed by atoms with Gasteiger partial charge in [0.25, 0.3) is 0 Å². The van der Waals surface area contributed by atoms with Gasteiger partial charge in [0.2, 0.25) is 5.13 Å². The summed E-state index contributed by atoms with van der Waals surface area (Å²) >= 11 is 1.61. The van der Waals surface area contributed by atoms with Crippen LogP contribution in [-0.2, 0) is 0 Å². The Hall–Kier alpha value is -3.44. The Balaban J connectivity index is 1.60. The third-order valence-electron chi connectivity index (χ3n) is 4.77. The first-order valence-corrected chi connectivity index (χ1v) is 10.6. The van der Waals surface area contributed by atoms with Crippen LogP contribution in [0.2, 0.25) is 0 Å². The Morgan fingerprint density at radius 1 is 0.867 bits per heavy atom. The molecule has 0 spiro atoms. The highest BCUT2D eigenvalue weighted by Gasteiger charge is 2.14. The number of aromatic nitrogens is 1. The SMILES string of the molecule is Cc1ccc(-c2nc(N/N=C\c3ccc(N(C)C)cc3)sc2-c2ccccc2)cc1. The summed E-state index contributed by atoms with van der Waals surface area (Å²) in [5.74, 6) is 0. The van der Waals surface area contributed by atoms with Gasteiger partial charge in [0.05, 0.1) is 16.8 Å². The summed E-state index contributed by atoms with van der Waals surface area (Å²) in [6.07, 6.45) is 1.81. The van der Waals surface area contributed by atoms with Gasteiger partial charge in [0.15, 0.2) is 0 Å². The van der Waals surface area contributed by atoms with Crippen molar-refractivity contribution in [3.63, 3.8) is 0 Å². The fourth-order valence-electron chi connectivity index (χ4n) is 3.08. The van der Waals surface area contributed by atoms with Gasteiger partial charge in [0.1, 0.15) is 0 Å². The van der Waals surface area contributed by atoms with Gasteiger partial charge in [-0.1, -0.05) is 83.6 Å². The maximum absolute atomic E-state index is 4.84. The van der Waals surface area contributed by atoms with Gasteiger partial charge in [-0.25, -0.2) is 4.98 Å². The average molecular weight is 413 g/mol. The second-order valence-electron chi connectivity index (χ2n) is 7.28. The highest BCUT2D eigenvalue weighted by Crippen LogP contribution is 2.39. The number of thiazole rings is 1. The van der Waals surface area contributed by atoms with Crippen LogP contribution < -0.4 is 10.3 Å². The Labute approximate surface area is 181 Å². The molecule has 4 nitrogen and oxygen atoms in total. The molecule has 1 heterocycles. The first-order chi connectivity index (χ1) is 14.6. The molecule has 0 bridgehead atoms. The third-order valence-corrected chi connectivity index (χ3v) is 5.78. The van der Waals surface area contributed by atoms with Crippen molar-refractivity contribution < 1.29 is 0 Å². The van der Waals surface area contributed by atoms with Gasteiger partial charge in [-0.3, -0.25) is 5.43 Å². The molecule has 0 saturated heterocycles. The largest absolute Gasteiger partial charge is 0.378 e. The van der Waals surface area contributed by atoms with Gasteiger partial charge < -0.3 is 4.90 Å². The number of benzene rings is 3. The minimum atomic E-state index is 0.769. The van der Waals surface area contributed by atoms with Crippen LogP contribution in [-0.4, -0.2) is 25.3 Å². The molecule has 0 atom stereocenters. The van der Waals surface area contributed by atoms with Crippen LogP contribution >= 0.6 is 11.3 Å². The normalized spacial score (nSPS) is 11.0. The number of anilines is 2. The number of nitrogens with one attached hydrogen (secondary N) is 1. The molecule has 0 aliphatic carbocycles. The molecule has 1 N–H and O–H groups in total. The van der Waals surface area contributed by atoms with Gasteiger partial charge >= 0.3 is 0 Å². The van der Waals surface area contributed by atoms with Crippen molar-refractivity contribution in [1.82, 2.24) is 4.98 Å². The maximum atomic E-state index is 4.84. The van der Waals surface area contributed by atoms with Crippen LogP contribution in [0.25, 0.3) is 21.7 Å². The summed E-state index contributed by atoms with van der Waals surface area (Å²) in [4.78, 5) is 8.05. The van der Waals surface area contributed by atoms with E-state index in [0.29, 0.717) is 0 Å². The molecule has 30 heavy (non-hydrogen) atoms. The van der Waals surface area contributed by atoms with E-state index in [1.165, 1.54) is 5.56 Å². The van der Waals surface area contributed by atoms with Crippen LogP contribution in [0.15, 0.2) is 84.0 Å². The van der Waals surface area contributed by atoms with Crippen molar-refractivity contribution in [2.24, 2.45) is 5.10 Å². The average Bonchev–Trinajstić information content (AvgIpc) is 3.19. The molecule has 4 rings (SSSR count). The van der Waals surface area contributed by atoms with Crippen molar-refractivity contribution >= 4 is 28.4 Å². The first kappa shape index (κ1) is 19.9. The summed E-state index contributed by atoms with van der Waals surface area (Å²) in [7, 11) is 4.06. The second kappa shape index (κ2) is 8.93. The smallest absolute Gasteiger partial charge is 0.204 e. The van der Waals surface area contributed by atoms with Gasteiger partial charge in [-0.05, 0) is 30.2 Å². The standard InChI is InChI=1S/C25H24N4S/c1-18-9-13-20(14-10-18)23-24(21-7-5-4-6-8-21)30-25(27-23)28-26-17-19-11-15-22(16-12-19)29(2)3/h4-17H,1-3H3,(H,27,28)/b26-17-. The first-order valence-electron chi connectivity index (χ1n) is 9.80. The molecular formula is C25H24N4S. The number of hydrazone groups is 1. The van der Waals surface area contributed by atoms with E-state index in [0.717, 1.165) is 38.1 Å². The van der Waals surface area contributed by atoms with E-state index in [1.54, 1.807) is 11.3 Å². The molecule has 0 amide bonds. The van der Waals surface area contributed by atoms with Crippen LogP contribution in [0.1, 0.15) is 11.1 Å². The number of hydrogen-bond donors (Lipinski definition) is 1. The van der Waals surface area contributed by atoms with Crippen molar-refractivity contribution in [1.29, 1.82) is 0 Å². The molecule has 0 aliphatic heterocycles. The minimum absolute atomic E-state index is 0.769. The molecule has 4 aromatic rings. The lowest BCUT2D eigenvalue weighted by atomic mass is 10.1. The Morgan fingerprint density at radius 2 is 1.57 bits per heavy atom. The second-order valence-corrected chi connectivity index (χ2v) is 8.28. The lowest BCUT2D eigenvalue weighted by molar-refractivity contribution is 1.13. The molecule has 150 valence electrons. The predicted molar refractivity (Wildman–Crippen MR) is 130 cm³/mol. The summed E-state index contributed by atoms with van der Waals surface area (Å²) < 4.78 is 0. The summed E-state index contributed by atoms with van der Waals surface area (Å²) in [5.41, 5.74) is 9.77. The molecule has 1 aromatic heterocycles. The summed E-state index contributed by atoms with van der Waals surface area (Å²) in [6, 6.07) is 27.1. The number of hydrogen-bond acceptors (Lipinski definition) is 5. The van der Waals surface area contributed by atoms with Crippen molar-refractivity contribution in [2.45, 2.75) is 6.92 Å². The lowest BCUT2D eigenvalue weighted by Crippen LogP contribution is -2.08. The van der Waals surface area contributed by atoms with E-state index in [9.17, 15) is 0 Å². The molecular weight excluding hydrogens is 388 g/mol. The molecule has 5 heteroatoms. The zero-order chi connectivity index (χ0) is 20.9.